The standard InChI is InChI=1S/C39H60O5Si/c1-6-10-19-22-32-23-26-36(33(7-2)29-32)37-30-34-24-25-35(31-38(34)44-39(37)40)41-27-20-17-15-13-11-12-14-16-18-21-28-45(5,42-8-3)43-9-4/h23-26,29-31H,6-22,27-28H2,1-5H3. The van der Waals surface area contributed by atoms with Gasteiger partial charge in [-0.15, -0.1) is 0 Å². The van der Waals surface area contributed by atoms with E-state index in [0.29, 0.717) is 17.8 Å². The fourth-order valence-corrected chi connectivity index (χ4v) is 8.74. The molecule has 0 radical (unpaired) electrons. The minimum atomic E-state index is -1.93. The number of rotatable bonds is 24. The SMILES string of the molecule is CCCCCc1ccc(-c2cc3ccc(OCCCCCCCCCCCC[Si](C)(OCC)OCC)cc3oc2=O)c(CC)c1. The van der Waals surface area contributed by atoms with Gasteiger partial charge in [0.05, 0.1) is 12.2 Å². The van der Waals surface area contributed by atoms with E-state index in [-0.39, 0.29) is 5.63 Å². The summed E-state index contributed by atoms with van der Waals surface area (Å²) in [5, 5.41) is 0.919. The van der Waals surface area contributed by atoms with Crippen LogP contribution in [0.2, 0.25) is 12.6 Å². The van der Waals surface area contributed by atoms with E-state index in [9.17, 15) is 4.79 Å². The van der Waals surface area contributed by atoms with Crippen LogP contribution < -0.4 is 10.4 Å². The maximum atomic E-state index is 13.0. The summed E-state index contributed by atoms with van der Waals surface area (Å²) in [6.45, 7) is 12.9. The van der Waals surface area contributed by atoms with Gasteiger partial charge in [-0.3, -0.25) is 0 Å². The molecule has 0 fully saturated rings. The zero-order valence-electron chi connectivity index (χ0n) is 29.0. The Labute approximate surface area is 274 Å². The van der Waals surface area contributed by atoms with Gasteiger partial charge in [0.25, 0.3) is 0 Å². The summed E-state index contributed by atoms with van der Waals surface area (Å²) in [7, 11) is -1.93. The third-order valence-corrected chi connectivity index (χ3v) is 11.9. The third kappa shape index (κ3) is 12.7. The van der Waals surface area contributed by atoms with E-state index in [2.05, 4.69) is 52.4 Å². The van der Waals surface area contributed by atoms with Crippen LogP contribution in [0.25, 0.3) is 22.1 Å². The first-order valence-electron chi connectivity index (χ1n) is 18.0. The predicted octanol–water partition coefficient (Wildman–Crippen LogP) is 11.2. The first kappa shape index (κ1) is 37.0. The molecule has 1 aromatic heterocycles. The smallest absolute Gasteiger partial charge is 0.344 e. The molecule has 45 heavy (non-hydrogen) atoms. The highest BCUT2D eigenvalue weighted by Crippen LogP contribution is 2.28. The van der Waals surface area contributed by atoms with Gasteiger partial charge in [-0.1, -0.05) is 103 Å². The summed E-state index contributed by atoms with van der Waals surface area (Å²) >= 11 is 0. The summed E-state index contributed by atoms with van der Waals surface area (Å²) in [6.07, 6.45) is 18.2. The van der Waals surface area contributed by atoms with Gasteiger partial charge in [0, 0.05) is 24.7 Å². The number of hydrogen-bond acceptors (Lipinski definition) is 5. The van der Waals surface area contributed by atoms with Crippen LogP contribution in [0.4, 0.5) is 0 Å². The summed E-state index contributed by atoms with van der Waals surface area (Å²) < 4.78 is 23.7. The van der Waals surface area contributed by atoms with E-state index in [1.54, 1.807) is 0 Å². The van der Waals surface area contributed by atoms with Crippen molar-refractivity contribution in [1.29, 1.82) is 0 Å². The van der Waals surface area contributed by atoms with Gasteiger partial charge in [0.2, 0.25) is 0 Å². The summed E-state index contributed by atoms with van der Waals surface area (Å²) in [4.78, 5) is 13.0. The molecule has 0 aliphatic carbocycles. The third-order valence-electron chi connectivity index (χ3n) is 8.81. The Kier molecular flexibility index (Phi) is 17.0. The van der Waals surface area contributed by atoms with Crippen LogP contribution in [0.3, 0.4) is 0 Å². The minimum Gasteiger partial charge on any atom is -0.493 e. The van der Waals surface area contributed by atoms with Crippen molar-refractivity contribution in [2.45, 2.75) is 137 Å². The molecule has 1 heterocycles. The molecule has 0 saturated heterocycles. The predicted molar refractivity (Wildman–Crippen MR) is 192 cm³/mol. The zero-order valence-corrected chi connectivity index (χ0v) is 30.0. The van der Waals surface area contributed by atoms with Crippen LogP contribution in [0.5, 0.6) is 5.75 Å². The number of unbranched alkanes of at least 4 members (excludes halogenated alkanes) is 11. The summed E-state index contributed by atoms with van der Waals surface area (Å²) in [6, 6.07) is 15.5. The van der Waals surface area contributed by atoms with Crippen molar-refractivity contribution in [2.75, 3.05) is 19.8 Å². The highest BCUT2D eigenvalue weighted by molar-refractivity contribution is 6.66. The van der Waals surface area contributed by atoms with Crippen molar-refractivity contribution in [2.24, 2.45) is 0 Å². The quantitative estimate of drug-likeness (QED) is 0.0556. The molecule has 0 unspecified atom stereocenters. The molecule has 3 rings (SSSR count). The molecule has 0 spiro atoms. The monoisotopic (exact) mass is 636 g/mol. The highest BCUT2D eigenvalue weighted by atomic mass is 28.4. The zero-order chi connectivity index (χ0) is 32.3. The van der Waals surface area contributed by atoms with Gasteiger partial charge < -0.3 is 18.0 Å². The highest BCUT2D eigenvalue weighted by Gasteiger charge is 2.29. The van der Waals surface area contributed by atoms with Gasteiger partial charge >= 0.3 is 14.2 Å². The minimum absolute atomic E-state index is 0.291. The van der Waals surface area contributed by atoms with E-state index in [4.69, 9.17) is 18.0 Å². The molecule has 6 heteroatoms. The molecular weight excluding hydrogens is 577 g/mol. The molecule has 2 aromatic carbocycles. The normalized spacial score (nSPS) is 11.8. The lowest BCUT2D eigenvalue weighted by molar-refractivity contribution is 0.188. The first-order valence-corrected chi connectivity index (χ1v) is 20.6. The van der Waals surface area contributed by atoms with E-state index < -0.39 is 8.56 Å². The van der Waals surface area contributed by atoms with Crippen molar-refractivity contribution in [3.63, 3.8) is 0 Å². The van der Waals surface area contributed by atoms with Crippen molar-refractivity contribution in [1.82, 2.24) is 0 Å². The molecule has 0 bridgehead atoms. The Morgan fingerprint density at radius 2 is 1.36 bits per heavy atom. The van der Waals surface area contributed by atoms with E-state index in [1.165, 1.54) is 88.2 Å². The second kappa shape index (κ2) is 20.7. The molecule has 0 atom stereocenters. The average Bonchev–Trinajstić information content (AvgIpc) is 3.03. The molecular formula is C39H60O5Si. The first-order chi connectivity index (χ1) is 21.9. The molecule has 250 valence electrons. The maximum absolute atomic E-state index is 13.0. The molecule has 0 saturated carbocycles. The second-order valence-electron chi connectivity index (χ2n) is 12.6. The Hall–Kier alpha value is -2.41. The summed E-state index contributed by atoms with van der Waals surface area (Å²) in [5.74, 6) is 0.759. The van der Waals surface area contributed by atoms with Crippen LogP contribution in [0.15, 0.2) is 51.7 Å². The van der Waals surface area contributed by atoms with Crippen molar-refractivity contribution in [3.05, 3.63) is 64.0 Å². The van der Waals surface area contributed by atoms with Gasteiger partial charge in [-0.05, 0) is 87.0 Å². The number of fused-ring (bicyclic) bond motifs is 1. The maximum Gasteiger partial charge on any atom is 0.344 e. The molecule has 0 aliphatic rings. The van der Waals surface area contributed by atoms with Gasteiger partial charge in [0.1, 0.15) is 11.3 Å². The summed E-state index contributed by atoms with van der Waals surface area (Å²) in [5.41, 5.74) is 4.45. The molecule has 5 nitrogen and oxygen atoms in total. The van der Waals surface area contributed by atoms with Crippen molar-refractivity contribution in [3.8, 4) is 16.9 Å². The molecule has 0 aliphatic heterocycles. The Balaban J connectivity index is 1.35. The van der Waals surface area contributed by atoms with Crippen molar-refractivity contribution >= 4 is 19.5 Å². The number of hydrogen-bond donors (Lipinski definition) is 0. The van der Waals surface area contributed by atoms with Crippen molar-refractivity contribution < 1.29 is 18.0 Å². The van der Waals surface area contributed by atoms with Crippen LogP contribution in [-0.2, 0) is 21.7 Å². The largest absolute Gasteiger partial charge is 0.493 e. The topological polar surface area (TPSA) is 57.9 Å². The number of ether oxygens (including phenoxy) is 1. The lowest BCUT2D eigenvalue weighted by Gasteiger charge is -2.25. The fourth-order valence-electron chi connectivity index (χ4n) is 6.26. The molecule has 3 aromatic rings. The van der Waals surface area contributed by atoms with E-state index >= 15 is 0 Å². The molecule has 0 N–H and O–H groups in total. The Morgan fingerprint density at radius 3 is 2.00 bits per heavy atom. The van der Waals surface area contributed by atoms with E-state index in [1.807, 2.05) is 24.3 Å². The lowest BCUT2D eigenvalue weighted by Crippen LogP contribution is -2.38. The van der Waals surface area contributed by atoms with Crippen LogP contribution in [-0.4, -0.2) is 28.4 Å². The number of aryl methyl sites for hydroxylation is 2. The van der Waals surface area contributed by atoms with Crippen LogP contribution in [0.1, 0.15) is 122 Å². The Bertz CT molecular complexity index is 1310. The molecule has 0 amide bonds. The average molecular weight is 637 g/mol. The van der Waals surface area contributed by atoms with Crippen LogP contribution >= 0.6 is 0 Å². The Morgan fingerprint density at radius 1 is 0.689 bits per heavy atom. The lowest BCUT2D eigenvalue weighted by atomic mass is 9.94. The number of benzene rings is 2. The van der Waals surface area contributed by atoms with Crippen LogP contribution in [0, 0.1) is 0 Å². The van der Waals surface area contributed by atoms with Gasteiger partial charge in [0.15, 0.2) is 0 Å². The van der Waals surface area contributed by atoms with E-state index in [0.717, 1.165) is 55.2 Å². The second-order valence-corrected chi connectivity index (χ2v) is 15.9. The van der Waals surface area contributed by atoms with Gasteiger partial charge in [-0.2, -0.15) is 0 Å². The van der Waals surface area contributed by atoms with Gasteiger partial charge in [-0.25, -0.2) is 4.79 Å². The fraction of sp³-hybridized carbons (Fsp3) is 0.615.